The van der Waals surface area contributed by atoms with Crippen molar-refractivity contribution in [2.24, 2.45) is 0 Å². The van der Waals surface area contributed by atoms with Crippen molar-refractivity contribution in [1.82, 2.24) is 0 Å². The van der Waals surface area contributed by atoms with Gasteiger partial charge < -0.3 is 0 Å². The third-order valence-electron chi connectivity index (χ3n) is 2.59. The zero-order chi connectivity index (χ0) is 9.97. The molecule has 0 N–H and O–H groups in total. The van der Waals surface area contributed by atoms with Gasteiger partial charge in [0.25, 0.3) is 0 Å². The van der Waals surface area contributed by atoms with E-state index in [0.29, 0.717) is 0 Å². The zero-order valence-electron chi connectivity index (χ0n) is 8.39. The Morgan fingerprint density at radius 1 is 0.867 bits per heavy atom. The number of halogens is 2. The van der Waals surface area contributed by atoms with E-state index < -0.39 is 0 Å². The first-order valence-corrected chi connectivity index (χ1v) is 5.61. The maximum atomic E-state index is 6.05. The maximum absolute atomic E-state index is 6.05. The predicted octanol–water partition coefficient (Wildman–Crippen LogP) is 4.67. The van der Waals surface area contributed by atoms with E-state index in [1.165, 1.54) is 11.1 Å². The van der Waals surface area contributed by atoms with Crippen LogP contribution in [-0.2, 0) is 26.2 Å². The SMILES string of the molecule is ClC1=C(CCC2=C(Cl)CC=C2)C=CC1.[Zr+2]. The summed E-state index contributed by atoms with van der Waals surface area (Å²) in [6.07, 6.45) is 12.3. The van der Waals surface area contributed by atoms with Crippen molar-refractivity contribution in [3.8, 4) is 0 Å². The minimum absolute atomic E-state index is 0. The molecular weight excluding hydrogens is 306 g/mol. The Bertz CT molecular complexity index is 326. The minimum Gasteiger partial charge on any atom is -0.0885 e. The van der Waals surface area contributed by atoms with E-state index in [2.05, 4.69) is 24.3 Å². The van der Waals surface area contributed by atoms with Gasteiger partial charge in [0.2, 0.25) is 0 Å². The van der Waals surface area contributed by atoms with Gasteiger partial charge in [0, 0.05) is 22.9 Å². The molecule has 0 aromatic heterocycles. The molecule has 0 aromatic carbocycles. The van der Waals surface area contributed by atoms with Crippen molar-refractivity contribution >= 4 is 23.2 Å². The van der Waals surface area contributed by atoms with Gasteiger partial charge in [-0.1, -0.05) is 47.5 Å². The van der Waals surface area contributed by atoms with Gasteiger partial charge in [-0.25, -0.2) is 0 Å². The van der Waals surface area contributed by atoms with Crippen molar-refractivity contribution in [2.45, 2.75) is 25.7 Å². The molecule has 0 radical (unpaired) electrons. The Balaban J connectivity index is 0.00000112. The van der Waals surface area contributed by atoms with Crippen molar-refractivity contribution in [3.63, 3.8) is 0 Å². The third-order valence-corrected chi connectivity index (χ3v) is 3.39. The van der Waals surface area contributed by atoms with E-state index >= 15 is 0 Å². The van der Waals surface area contributed by atoms with Crippen LogP contribution in [0.25, 0.3) is 0 Å². The van der Waals surface area contributed by atoms with Crippen molar-refractivity contribution in [3.05, 3.63) is 45.5 Å². The normalized spacial score (nSPS) is 19.1. The Hall–Kier alpha value is 0.423. The van der Waals surface area contributed by atoms with Crippen molar-refractivity contribution in [1.29, 1.82) is 0 Å². The first-order valence-electron chi connectivity index (χ1n) is 4.85. The summed E-state index contributed by atoms with van der Waals surface area (Å²) in [5.74, 6) is 0. The van der Waals surface area contributed by atoms with Gasteiger partial charge >= 0.3 is 26.2 Å². The Labute approximate surface area is 120 Å². The van der Waals surface area contributed by atoms with Crippen LogP contribution >= 0.6 is 23.2 Å². The summed E-state index contributed by atoms with van der Waals surface area (Å²) in [4.78, 5) is 0. The topological polar surface area (TPSA) is 0 Å². The van der Waals surface area contributed by atoms with Crippen LogP contribution in [0.5, 0.6) is 0 Å². The monoisotopic (exact) mass is 316 g/mol. The molecule has 2 aliphatic carbocycles. The first-order chi connectivity index (χ1) is 6.77. The molecule has 2 aliphatic rings. The Morgan fingerprint density at radius 3 is 1.53 bits per heavy atom. The molecule has 0 bridgehead atoms. The second kappa shape index (κ2) is 6.23. The molecular formula is C12H12Cl2Zr+2. The molecule has 0 saturated heterocycles. The molecule has 0 fully saturated rings. The van der Waals surface area contributed by atoms with Gasteiger partial charge in [0.15, 0.2) is 0 Å². The molecule has 3 heteroatoms. The van der Waals surface area contributed by atoms with E-state index in [-0.39, 0.29) is 26.2 Å². The van der Waals surface area contributed by atoms with E-state index in [4.69, 9.17) is 23.2 Å². The Morgan fingerprint density at radius 2 is 1.27 bits per heavy atom. The molecule has 0 aliphatic heterocycles. The largest absolute Gasteiger partial charge is 2.00 e. The van der Waals surface area contributed by atoms with Crippen LogP contribution < -0.4 is 0 Å². The van der Waals surface area contributed by atoms with Gasteiger partial charge in [-0.05, 0) is 24.0 Å². The fourth-order valence-electron chi connectivity index (χ4n) is 1.76. The molecule has 76 valence electrons. The molecule has 0 heterocycles. The number of rotatable bonds is 3. The average Bonchev–Trinajstić information content (AvgIpc) is 2.72. The average molecular weight is 318 g/mol. The fraction of sp³-hybridized carbons (Fsp3) is 0.333. The maximum Gasteiger partial charge on any atom is 2.00 e. The van der Waals surface area contributed by atoms with Crippen LogP contribution in [0.1, 0.15) is 25.7 Å². The second-order valence-electron chi connectivity index (χ2n) is 3.57. The number of allylic oxidation sites excluding steroid dienone is 8. The van der Waals surface area contributed by atoms with Crippen molar-refractivity contribution < 1.29 is 26.2 Å². The molecule has 0 atom stereocenters. The molecule has 0 aromatic rings. The second-order valence-corrected chi connectivity index (χ2v) is 4.49. The summed E-state index contributed by atoms with van der Waals surface area (Å²) in [7, 11) is 0. The number of hydrogen-bond donors (Lipinski definition) is 0. The van der Waals surface area contributed by atoms with Crippen LogP contribution in [-0.4, -0.2) is 0 Å². The number of hydrogen-bond acceptors (Lipinski definition) is 0. The van der Waals surface area contributed by atoms with Gasteiger partial charge in [0.1, 0.15) is 0 Å². The van der Waals surface area contributed by atoms with E-state index in [0.717, 1.165) is 35.7 Å². The first kappa shape index (κ1) is 13.5. The van der Waals surface area contributed by atoms with Crippen LogP contribution in [0, 0.1) is 0 Å². The van der Waals surface area contributed by atoms with Gasteiger partial charge in [-0.2, -0.15) is 0 Å². The molecule has 0 unspecified atom stereocenters. The van der Waals surface area contributed by atoms with E-state index in [9.17, 15) is 0 Å². The quantitative estimate of drug-likeness (QED) is 0.709. The van der Waals surface area contributed by atoms with E-state index in [1.54, 1.807) is 0 Å². The van der Waals surface area contributed by atoms with Gasteiger partial charge in [-0.15, -0.1) is 0 Å². The third kappa shape index (κ3) is 3.44. The fourth-order valence-corrected chi connectivity index (χ4v) is 2.25. The van der Waals surface area contributed by atoms with Gasteiger partial charge in [0.05, 0.1) is 0 Å². The summed E-state index contributed by atoms with van der Waals surface area (Å²) in [6.45, 7) is 0. The van der Waals surface area contributed by atoms with Crippen LogP contribution in [0.15, 0.2) is 45.5 Å². The molecule has 2 rings (SSSR count). The summed E-state index contributed by atoms with van der Waals surface area (Å²) < 4.78 is 0. The van der Waals surface area contributed by atoms with Crippen LogP contribution in [0.3, 0.4) is 0 Å². The standard InChI is InChI=1S/C12H12Cl2.Zr/c13-11-5-1-3-9(11)7-8-10-4-2-6-12(10)14;/h1-4H,5-8H2;/q;+2. The Kier molecular flexibility index (Phi) is 5.60. The zero-order valence-corrected chi connectivity index (χ0v) is 12.4. The smallest absolute Gasteiger partial charge is 0.0885 e. The molecule has 0 saturated carbocycles. The molecule has 0 nitrogen and oxygen atoms in total. The van der Waals surface area contributed by atoms with Crippen LogP contribution in [0.4, 0.5) is 0 Å². The molecule has 15 heavy (non-hydrogen) atoms. The summed E-state index contributed by atoms with van der Waals surface area (Å²) in [6, 6.07) is 0. The predicted molar refractivity (Wildman–Crippen MR) is 62.5 cm³/mol. The van der Waals surface area contributed by atoms with Crippen LogP contribution in [0.2, 0.25) is 0 Å². The molecule has 0 amide bonds. The van der Waals surface area contributed by atoms with Gasteiger partial charge in [-0.3, -0.25) is 0 Å². The minimum atomic E-state index is 0. The van der Waals surface area contributed by atoms with E-state index in [1.807, 2.05) is 0 Å². The summed E-state index contributed by atoms with van der Waals surface area (Å²) in [5.41, 5.74) is 2.54. The summed E-state index contributed by atoms with van der Waals surface area (Å²) >= 11 is 12.1. The van der Waals surface area contributed by atoms with Crippen molar-refractivity contribution in [2.75, 3.05) is 0 Å². The summed E-state index contributed by atoms with van der Waals surface area (Å²) in [5, 5.41) is 1.98. The molecule has 0 spiro atoms.